The second kappa shape index (κ2) is 7.20. The van der Waals surface area contributed by atoms with E-state index in [4.69, 9.17) is 0 Å². The van der Waals surface area contributed by atoms with Crippen LogP contribution in [-0.4, -0.2) is 60.8 Å². The Bertz CT molecular complexity index is 156. The summed E-state index contributed by atoms with van der Waals surface area (Å²) in [6.07, 6.45) is 4.19. The molecule has 0 aromatic heterocycles. The molecule has 3 nitrogen and oxygen atoms in total. The molecule has 0 saturated carbocycles. The van der Waals surface area contributed by atoms with Gasteiger partial charge in [0, 0.05) is 32.7 Å². The summed E-state index contributed by atoms with van der Waals surface area (Å²) in [6.45, 7) is 7.91. The van der Waals surface area contributed by atoms with Crippen LogP contribution in [0.25, 0.3) is 0 Å². The number of unbranched alkanes of at least 4 members (excludes halogenated alkanes) is 1. The Morgan fingerprint density at radius 3 is 2.40 bits per heavy atom. The largest absolute Gasteiger partial charge is 0.393 e. The Morgan fingerprint density at radius 1 is 1.13 bits per heavy atom. The van der Waals surface area contributed by atoms with Gasteiger partial charge in [0.2, 0.25) is 0 Å². The van der Waals surface area contributed by atoms with Gasteiger partial charge in [-0.05, 0) is 19.9 Å². The molecule has 3 heteroatoms. The van der Waals surface area contributed by atoms with Crippen LogP contribution in [0.15, 0.2) is 0 Å². The van der Waals surface area contributed by atoms with E-state index >= 15 is 0 Å². The number of aliphatic hydroxyl groups excluding tert-OH is 1. The molecule has 1 saturated heterocycles. The summed E-state index contributed by atoms with van der Waals surface area (Å²) < 4.78 is 0. The first-order valence-corrected chi connectivity index (χ1v) is 6.31. The average molecular weight is 214 g/mol. The van der Waals surface area contributed by atoms with Crippen LogP contribution in [0.5, 0.6) is 0 Å². The number of nitrogens with zero attached hydrogens (tertiary/aromatic N) is 2. The Labute approximate surface area is 94.1 Å². The van der Waals surface area contributed by atoms with Crippen molar-refractivity contribution in [3.05, 3.63) is 0 Å². The highest BCUT2D eigenvalue weighted by Gasteiger charge is 2.14. The van der Waals surface area contributed by atoms with Crippen LogP contribution in [0.4, 0.5) is 0 Å². The first-order chi connectivity index (χ1) is 7.22. The molecule has 15 heavy (non-hydrogen) atoms. The maximum absolute atomic E-state index is 9.73. The molecule has 1 rings (SSSR count). The van der Waals surface area contributed by atoms with Gasteiger partial charge in [-0.1, -0.05) is 19.8 Å². The van der Waals surface area contributed by atoms with E-state index in [2.05, 4.69) is 23.8 Å². The zero-order valence-corrected chi connectivity index (χ0v) is 10.3. The summed E-state index contributed by atoms with van der Waals surface area (Å²) >= 11 is 0. The summed E-state index contributed by atoms with van der Waals surface area (Å²) in [5.74, 6) is 0. The van der Waals surface area contributed by atoms with Crippen LogP contribution in [0.1, 0.15) is 32.6 Å². The molecule has 0 amide bonds. The third kappa shape index (κ3) is 5.50. The van der Waals surface area contributed by atoms with Crippen molar-refractivity contribution in [2.24, 2.45) is 0 Å². The first-order valence-electron chi connectivity index (χ1n) is 6.31. The zero-order valence-electron chi connectivity index (χ0n) is 10.3. The average Bonchev–Trinajstić information content (AvgIpc) is 2.25. The Kier molecular flexibility index (Phi) is 6.22. The van der Waals surface area contributed by atoms with Crippen molar-refractivity contribution in [3.63, 3.8) is 0 Å². The fourth-order valence-electron chi connectivity index (χ4n) is 1.99. The number of hydrogen-bond donors (Lipinski definition) is 1. The van der Waals surface area contributed by atoms with Crippen molar-refractivity contribution in [3.8, 4) is 0 Å². The van der Waals surface area contributed by atoms with Gasteiger partial charge in [-0.3, -0.25) is 0 Å². The van der Waals surface area contributed by atoms with Gasteiger partial charge in [0.25, 0.3) is 0 Å². The number of hydrogen-bond acceptors (Lipinski definition) is 3. The van der Waals surface area contributed by atoms with Crippen molar-refractivity contribution in [2.45, 2.75) is 38.7 Å². The van der Waals surface area contributed by atoms with Gasteiger partial charge < -0.3 is 14.9 Å². The standard InChI is InChI=1S/C12H26N2O/c1-3-4-5-12(15)6-7-14-10-8-13(2)9-11-14/h12,15H,3-11H2,1-2H3/t12-/m0/s1. The molecular formula is C12H26N2O. The molecular weight excluding hydrogens is 188 g/mol. The van der Waals surface area contributed by atoms with Crippen molar-refractivity contribution < 1.29 is 5.11 Å². The summed E-state index contributed by atoms with van der Waals surface area (Å²) in [5.41, 5.74) is 0. The molecule has 1 aliphatic rings. The number of rotatable bonds is 6. The minimum Gasteiger partial charge on any atom is -0.393 e. The summed E-state index contributed by atoms with van der Waals surface area (Å²) in [7, 11) is 2.17. The number of piperazine rings is 1. The highest BCUT2D eigenvalue weighted by atomic mass is 16.3. The van der Waals surface area contributed by atoms with Crippen LogP contribution in [0.2, 0.25) is 0 Å². The smallest absolute Gasteiger partial charge is 0.0552 e. The van der Waals surface area contributed by atoms with Gasteiger partial charge >= 0.3 is 0 Å². The molecule has 0 unspecified atom stereocenters. The van der Waals surface area contributed by atoms with E-state index in [-0.39, 0.29) is 6.10 Å². The maximum atomic E-state index is 9.73. The van der Waals surface area contributed by atoms with Crippen molar-refractivity contribution in [1.29, 1.82) is 0 Å². The molecule has 0 aromatic carbocycles. The monoisotopic (exact) mass is 214 g/mol. The molecule has 1 N–H and O–H groups in total. The fraction of sp³-hybridized carbons (Fsp3) is 1.00. The fourth-order valence-corrected chi connectivity index (χ4v) is 1.99. The van der Waals surface area contributed by atoms with E-state index in [1.807, 2.05) is 0 Å². The predicted molar refractivity (Wildman–Crippen MR) is 64.1 cm³/mol. The molecule has 0 bridgehead atoms. The first kappa shape index (κ1) is 12.9. The van der Waals surface area contributed by atoms with Crippen LogP contribution < -0.4 is 0 Å². The normalized spacial score (nSPS) is 21.8. The van der Waals surface area contributed by atoms with Gasteiger partial charge in [0.05, 0.1) is 6.10 Å². The lowest BCUT2D eigenvalue weighted by molar-refractivity contribution is 0.106. The van der Waals surface area contributed by atoms with E-state index in [1.54, 1.807) is 0 Å². The van der Waals surface area contributed by atoms with Crippen LogP contribution >= 0.6 is 0 Å². The lowest BCUT2D eigenvalue weighted by Crippen LogP contribution is -2.45. The van der Waals surface area contributed by atoms with Gasteiger partial charge in [-0.2, -0.15) is 0 Å². The number of aliphatic hydroxyl groups is 1. The Morgan fingerprint density at radius 2 is 1.80 bits per heavy atom. The molecule has 0 aromatic rings. The SMILES string of the molecule is CCCC[C@H](O)CCN1CCN(C)CC1. The van der Waals surface area contributed by atoms with Crippen molar-refractivity contribution in [2.75, 3.05) is 39.8 Å². The Balaban J connectivity index is 2.04. The summed E-state index contributed by atoms with van der Waals surface area (Å²) in [4.78, 5) is 4.83. The zero-order chi connectivity index (χ0) is 11.1. The molecule has 1 aliphatic heterocycles. The Hall–Kier alpha value is -0.120. The van der Waals surface area contributed by atoms with Gasteiger partial charge in [-0.15, -0.1) is 0 Å². The molecule has 90 valence electrons. The number of likely N-dealkylation sites (N-methyl/N-ethyl adjacent to an activating group) is 1. The summed E-state index contributed by atoms with van der Waals surface area (Å²) in [5, 5.41) is 9.73. The van der Waals surface area contributed by atoms with E-state index in [0.29, 0.717) is 0 Å². The second-order valence-electron chi connectivity index (χ2n) is 4.73. The van der Waals surface area contributed by atoms with Gasteiger partial charge in [-0.25, -0.2) is 0 Å². The van der Waals surface area contributed by atoms with Crippen LogP contribution in [-0.2, 0) is 0 Å². The minimum atomic E-state index is -0.0791. The lowest BCUT2D eigenvalue weighted by atomic mass is 10.1. The van der Waals surface area contributed by atoms with Crippen LogP contribution in [0, 0.1) is 0 Å². The highest BCUT2D eigenvalue weighted by molar-refractivity contribution is 4.70. The lowest BCUT2D eigenvalue weighted by Gasteiger charge is -2.32. The molecule has 0 radical (unpaired) electrons. The third-order valence-electron chi connectivity index (χ3n) is 3.27. The second-order valence-corrected chi connectivity index (χ2v) is 4.73. The molecule has 1 heterocycles. The topological polar surface area (TPSA) is 26.7 Å². The van der Waals surface area contributed by atoms with E-state index in [1.165, 1.54) is 19.5 Å². The third-order valence-corrected chi connectivity index (χ3v) is 3.27. The molecule has 0 spiro atoms. The predicted octanol–water partition coefficient (Wildman–Crippen LogP) is 1.18. The van der Waals surface area contributed by atoms with E-state index in [9.17, 15) is 5.11 Å². The quantitative estimate of drug-likeness (QED) is 0.719. The van der Waals surface area contributed by atoms with Gasteiger partial charge in [0.15, 0.2) is 0 Å². The minimum absolute atomic E-state index is 0.0791. The highest BCUT2D eigenvalue weighted by Crippen LogP contribution is 2.07. The summed E-state index contributed by atoms with van der Waals surface area (Å²) in [6, 6.07) is 0. The van der Waals surface area contributed by atoms with Crippen molar-refractivity contribution in [1.82, 2.24) is 9.80 Å². The van der Waals surface area contributed by atoms with E-state index < -0.39 is 0 Å². The van der Waals surface area contributed by atoms with Crippen LogP contribution in [0.3, 0.4) is 0 Å². The maximum Gasteiger partial charge on any atom is 0.0552 e. The van der Waals surface area contributed by atoms with Crippen molar-refractivity contribution >= 4 is 0 Å². The van der Waals surface area contributed by atoms with Gasteiger partial charge in [0.1, 0.15) is 0 Å². The molecule has 1 fully saturated rings. The van der Waals surface area contributed by atoms with E-state index in [0.717, 1.165) is 38.9 Å². The molecule has 0 aliphatic carbocycles. The molecule has 1 atom stereocenters.